The minimum atomic E-state index is 0.0703. The predicted octanol–water partition coefficient (Wildman–Crippen LogP) is 6.66. The van der Waals surface area contributed by atoms with Crippen LogP contribution in [0, 0.1) is 5.92 Å². The molecule has 162 valence electrons. The van der Waals surface area contributed by atoms with Gasteiger partial charge in [0.2, 0.25) is 0 Å². The van der Waals surface area contributed by atoms with E-state index in [1.165, 1.54) is 24.6 Å². The fourth-order valence-electron chi connectivity index (χ4n) is 4.22. The molecule has 0 unspecified atom stereocenters. The summed E-state index contributed by atoms with van der Waals surface area (Å²) in [6, 6.07) is 18.0. The lowest BCUT2D eigenvalue weighted by Crippen LogP contribution is -2.44. The van der Waals surface area contributed by atoms with Gasteiger partial charge < -0.3 is 4.74 Å². The van der Waals surface area contributed by atoms with Gasteiger partial charge in [-0.2, -0.15) is 0 Å². The first-order valence-corrected chi connectivity index (χ1v) is 12.0. The highest BCUT2D eigenvalue weighted by atomic mass is 32.2. The van der Waals surface area contributed by atoms with Crippen LogP contribution in [0.1, 0.15) is 52.0 Å². The van der Waals surface area contributed by atoms with E-state index >= 15 is 0 Å². The van der Waals surface area contributed by atoms with E-state index in [4.69, 9.17) is 9.73 Å². The van der Waals surface area contributed by atoms with Crippen LogP contribution in [0.3, 0.4) is 0 Å². The quantitative estimate of drug-likeness (QED) is 0.494. The molecule has 31 heavy (non-hydrogen) atoms. The Morgan fingerprint density at radius 1 is 1.06 bits per heavy atom. The molecule has 0 spiro atoms. The summed E-state index contributed by atoms with van der Waals surface area (Å²) in [7, 11) is 0. The van der Waals surface area contributed by atoms with Crippen molar-refractivity contribution in [1.82, 2.24) is 4.90 Å². The number of carbonyl (C=O) groups is 1. The number of hydrogen-bond donors (Lipinski definition) is 0. The third kappa shape index (κ3) is 5.21. The van der Waals surface area contributed by atoms with Crippen LogP contribution in [-0.4, -0.2) is 28.1 Å². The summed E-state index contributed by atoms with van der Waals surface area (Å²) < 4.78 is 5.73. The first kappa shape index (κ1) is 21.7. The Labute approximate surface area is 189 Å². The molecule has 1 saturated heterocycles. The van der Waals surface area contributed by atoms with E-state index in [0.717, 1.165) is 39.9 Å². The Morgan fingerprint density at radius 2 is 1.77 bits per heavy atom. The number of ether oxygens (including phenoxy) is 1. The number of para-hydroxylation sites is 1. The smallest absolute Gasteiger partial charge is 0.267 e. The molecule has 2 atom stereocenters. The number of amidine groups is 1. The first-order chi connectivity index (χ1) is 15.0. The van der Waals surface area contributed by atoms with Crippen LogP contribution < -0.4 is 4.74 Å². The molecule has 0 bridgehead atoms. The normalized spacial score (nSPS) is 24.4. The molecule has 5 heteroatoms. The Bertz CT molecular complexity index is 967. The second-order valence-corrected chi connectivity index (χ2v) is 9.59. The highest BCUT2D eigenvalue weighted by molar-refractivity contribution is 8.18. The Morgan fingerprint density at radius 3 is 2.45 bits per heavy atom. The van der Waals surface area contributed by atoms with Crippen LogP contribution in [0.4, 0.5) is 5.69 Å². The molecule has 1 aliphatic heterocycles. The van der Waals surface area contributed by atoms with Gasteiger partial charge in [0.25, 0.3) is 5.91 Å². The van der Waals surface area contributed by atoms with Crippen molar-refractivity contribution in [2.75, 3.05) is 0 Å². The topological polar surface area (TPSA) is 41.9 Å². The molecular weight excluding hydrogens is 404 g/mol. The summed E-state index contributed by atoms with van der Waals surface area (Å²) in [4.78, 5) is 21.0. The molecule has 0 radical (unpaired) electrons. The Hall–Kier alpha value is -2.53. The van der Waals surface area contributed by atoms with Gasteiger partial charge in [0.15, 0.2) is 5.17 Å². The van der Waals surface area contributed by atoms with Gasteiger partial charge in [0.05, 0.1) is 16.7 Å². The van der Waals surface area contributed by atoms with Gasteiger partial charge in [-0.05, 0) is 80.3 Å². The zero-order chi connectivity index (χ0) is 21.8. The van der Waals surface area contributed by atoms with Crippen molar-refractivity contribution in [2.24, 2.45) is 10.9 Å². The summed E-state index contributed by atoms with van der Waals surface area (Å²) >= 11 is 1.48. The van der Waals surface area contributed by atoms with Crippen molar-refractivity contribution >= 4 is 34.6 Å². The number of thioether (sulfide) groups is 1. The molecule has 2 aromatic rings. The number of benzene rings is 2. The molecule has 1 aliphatic carbocycles. The fraction of sp³-hybridized carbons (Fsp3) is 0.385. The lowest BCUT2D eigenvalue weighted by Gasteiger charge is -2.35. The lowest BCUT2D eigenvalue weighted by atomic mass is 9.85. The van der Waals surface area contributed by atoms with E-state index < -0.39 is 0 Å². The third-order valence-corrected chi connectivity index (χ3v) is 6.75. The average molecular weight is 435 g/mol. The second-order valence-electron chi connectivity index (χ2n) is 8.58. The van der Waals surface area contributed by atoms with Gasteiger partial charge >= 0.3 is 0 Å². The molecule has 2 fully saturated rings. The maximum atomic E-state index is 13.5. The molecule has 1 amide bonds. The molecule has 0 aromatic heterocycles. The molecule has 1 heterocycles. The van der Waals surface area contributed by atoms with Crippen LogP contribution >= 0.6 is 11.8 Å². The Balaban J connectivity index is 1.64. The van der Waals surface area contributed by atoms with Crippen molar-refractivity contribution in [3.05, 3.63) is 65.1 Å². The first-order valence-electron chi connectivity index (χ1n) is 11.1. The molecule has 2 aromatic carbocycles. The van der Waals surface area contributed by atoms with Crippen LogP contribution in [-0.2, 0) is 4.79 Å². The van der Waals surface area contributed by atoms with Gasteiger partial charge in [0.1, 0.15) is 5.75 Å². The van der Waals surface area contributed by atoms with Gasteiger partial charge in [-0.1, -0.05) is 50.1 Å². The maximum Gasteiger partial charge on any atom is 0.267 e. The van der Waals surface area contributed by atoms with Gasteiger partial charge in [-0.3, -0.25) is 9.69 Å². The largest absolute Gasteiger partial charge is 0.491 e. The number of amides is 1. The van der Waals surface area contributed by atoms with E-state index in [2.05, 4.69) is 6.92 Å². The second kappa shape index (κ2) is 9.73. The summed E-state index contributed by atoms with van der Waals surface area (Å²) in [6.45, 7) is 6.29. The van der Waals surface area contributed by atoms with E-state index in [1.807, 2.05) is 79.4 Å². The molecule has 4 rings (SSSR count). The van der Waals surface area contributed by atoms with Crippen LogP contribution in [0.25, 0.3) is 6.08 Å². The zero-order valence-electron chi connectivity index (χ0n) is 18.5. The van der Waals surface area contributed by atoms with Crippen LogP contribution in [0.15, 0.2) is 64.5 Å². The maximum absolute atomic E-state index is 13.5. The number of carbonyl (C=O) groups excluding carboxylic acids is 1. The number of nitrogens with zero attached hydrogens (tertiary/aromatic N) is 2. The summed E-state index contributed by atoms with van der Waals surface area (Å²) in [5.74, 6) is 1.39. The van der Waals surface area contributed by atoms with Crippen molar-refractivity contribution < 1.29 is 9.53 Å². The number of hydrogen-bond acceptors (Lipinski definition) is 4. The van der Waals surface area contributed by atoms with Crippen molar-refractivity contribution in [3.8, 4) is 5.75 Å². The van der Waals surface area contributed by atoms with Gasteiger partial charge in [-0.15, -0.1) is 0 Å². The fourth-order valence-corrected chi connectivity index (χ4v) is 5.26. The van der Waals surface area contributed by atoms with Crippen molar-refractivity contribution in [2.45, 2.75) is 58.6 Å². The summed E-state index contributed by atoms with van der Waals surface area (Å²) in [6.07, 6.45) is 6.72. The van der Waals surface area contributed by atoms with Crippen molar-refractivity contribution in [3.63, 3.8) is 0 Å². The average Bonchev–Trinajstić information content (AvgIpc) is 3.05. The standard InChI is InChI=1S/C26H30N2O2S/c1-18(2)30-22-15-13-20(14-16-22)17-24-25(29)28(23-12-8-7-9-19(23)3)26(31-24)27-21-10-5-4-6-11-21/h4-6,10-11,13-19,23H,7-9,12H2,1-3H3/b24-17-,27-26?/t19-,23-/m1/s1. The zero-order valence-corrected chi connectivity index (χ0v) is 19.3. The summed E-state index contributed by atoms with van der Waals surface area (Å²) in [5.41, 5.74) is 1.87. The molecule has 2 aliphatic rings. The predicted molar refractivity (Wildman–Crippen MR) is 130 cm³/mol. The molecule has 0 N–H and O–H groups in total. The van der Waals surface area contributed by atoms with E-state index in [-0.39, 0.29) is 18.1 Å². The number of aliphatic imine (C=N–C) groups is 1. The number of rotatable bonds is 5. The van der Waals surface area contributed by atoms with E-state index in [1.54, 1.807) is 0 Å². The van der Waals surface area contributed by atoms with Gasteiger partial charge in [-0.25, -0.2) is 4.99 Å². The third-order valence-electron chi connectivity index (χ3n) is 5.77. The minimum Gasteiger partial charge on any atom is -0.491 e. The van der Waals surface area contributed by atoms with Crippen molar-refractivity contribution in [1.29, 1.82) is 0 Å². The van der Waals surface area contributed by atoms with Crippen LogP contribution in [0.2, 0.25) is 0 Å². The van der Waals surface area contributed by atoms with Gasteiger partial charge in [0, 0.05) is 6.04 Å². The lowest BCUT2D eigenvalue weighted by molar-refractivity contribution is -0.124. The molecule has 1 saturated carbocycles. The van der Waals surface area contributed by atoms with E-state index in [9.17, 15) is 4.79 Å². The molecular formula is C26H30N2O2S. The van der Waals surface area contributed by atoms with E-state index in [0.29, 0.717) is 5.92 Å². The Kier molecular flexibility index (Phi) is 6.81. The highest BCUT2D eigenvalue weighted by Gasteiger charge is 2.41. The molecule has 4 nitrogen and oxygen atoms in total. The SMILES string of the molecule is CC(C)Oc1ccc(/C=C2\SC(=Nc3ccccc3)N([C@@H]3CCCC[C@H]3C)C2=O)cc1. The summed E-state index contributed by atoms with van der Waals surface area (Å²) in [5, 5.41) is 0.793. The monoisotopic (exact) mass is 434 g/mol. The minimum absolute atomic E-state index is 0.0703. The highest BCUT2D eigenvalue weighted by Crippen LogP contribution is 2.40. The van der Waals surface area contributed by atoms with Crippen LogP contribution in [0.5, 0.6) is 5.75 Å².